The first kappa shape index (κ1) is 23.1. The number of anilines is 2. The molecule has 1 heterocycles. The Kier molecular flexibility index (Phi) is 6.34. The van der Waals surface area contributed by atoms with E-state index in [1.807, 2.05) is 32.0 Å². The lowest BCUT2D eigenvalue weighted by molar-refractivity contribution is 0.103. The van der Waals surface area contributed by atoms with E-state index in [2.05, 4.69) is 10.0 Å². The molecule has 4 rings (SSSR count). The molecule has 3 aromatic carbocycles. The minimum Gasteiger partial charge on any atom is -0.497 e. The summed E-state index contributed by atoms with van der Waals surface area (Å²) in [5.41, 5.74) is 2.88. The topological polar surface area (TPSA) is 84.5 Å². The predicted octanol–water partition coefficient (Wildman–Crippen LogP) is 6.23. The normalized spacial score (nSPS) is 11.4. The molecule has 0 fully saturated rings. The highest BCUT2D eigenvalue weighted by atomic mass is 35.5. The maximum atomic E-state index is 12.8. The molecule has 0 aliphatic heterocycles. The average Bonchev–Trinajstić information content (AvgIpc) is 3.09. The van der Waals surface area contributed by atoms with Gasteiger partial charge in [-0.15, -0.1) is 11.3 Å². The van der Waals surface area contributed by atoms with Gasteiger partial charge in [-0.3, -0.25) is 9.52 Å². The van der Waals surface area contributed by atoms with Gasteiger partial charge >= 0.3 is 0 Å². The molecule has 170 valence electrons. The summed E-state index contributed by atoms with van der Waals surface area (Å²) in [5.74, 6) is 0.308. The van der Waals surface area contributed by atoms with Crippen LogP contribution >= 0.6 is 22.9 Å². The Bertz CT molecular complexity index is 1440. The largest absolute Gasteiger partial charge is 0.497 e. The Morgan fingerprint density at radius 3 is 2.24 bits per heavy atom. The number of thiophene rings is 1. The van der Waals surface area contributed by atoms with Gasteiger partial charge in [-0.25, -0.2) is 8.42 Å². The Hall–Kier alpha value is -3.07. The number of hydrogen-bond donors (Lipinski definition) is 2. The van der Waals surface area contributed by atoms with Crippen molar-refractivity contribution in [3.63, 3.8) is 0 Å². The van der Waals surface area contributed by atoms with E-state index in [0.717, 1.165) is 21.2 Å². The van der Waals surface area contributed by atoms with Crippen LogP contribution in [0.3, 0.4) is 0 Å². The summed E-state index contributed by atoms with van der Waals surface area (Å²) in [4.78, 5) is 13.3. The van der Waals surface area contributed by atoms with E-state index in [4.69, 9.17) is 16.3 Å². The van der Waals surface area contributed by atoms with Gasteiger partial charge < -0.3 is 10.1 Å². The molecular weight excluding hydrogens is 480 g/mol. The lowest BCUT2D eigenvalue weighted by Gasteiger charge is -2.11. The van der Waals surface area contributed by atoms with Gasteiger partial charge in [0.15, 0.2) is 0 Å². The maximum Gasteiger partial charge on any atom is 0.267 e. The molecule has 0 saturated carbocycles. The number of amides is 1. The van der Waals surface area contributed by atoms with Crippen LogP contribution in [0, 0.1) is 13.8 Å². The monoisotopic (exact) mass is 500 g/mol. The van der Waals surface area contributed by atoms with Crippen molar-refractivity contribution in [2.75, 3.05) is 17.1 Å². The number of benzene rings is 3. The van der Waals surface area contributed by atoms with Crippen molar-refractivity contribution >= 4 is 60.3 Å². The zero-order valence-electron chi connectivity index (χ0n) is 18.1. The summed E-state index contributed by atoms with van der Waals surface area (Å²) in [6.07, 6.45) is 0. The molecule has 0 radical (unpaired) electrons. The summed E-state index contributed by atoms with van der Waals surface area (Å²) in [5, 5.41) is 3.91. The molecule has 0 aliphatic carbocycles. The number of aryl methyl sites for hydroxylation is 2. The molecule has 0 aliphatic rings. The zero-order valence-corrected chi connectivity index (χ0v) is 20.5. The van der Waals surface area contributed by atoms with E-state index in [-0.39, 0.29) is 10.8 Å². The van der Waals surface area contributed by atoms with Gasteiger partial charge in [-0.2, -0.15) is 0 Å². The van der Waals surface area contributed by atoms with Crippen LogP contribution in [0.4, 0.5) is 11.4 Å². The highest BCUT2D eigenvalue weighted by Gasteiger charge is 2.19. The van der Waals surface area contributed by atoms with Crippen molar-refractivity contribution in [2.24, 2.45) is 0 Å². The summed E-state index contributed by atoms with van der Waals surface area (Å²) in [6, 6.07) is 16.9. The predicted molar refractivity (Wildman–Crippen MR) is 135 cm³/mol. The van der Waals surface area contributed by atoms with Gasteiger partial charge in [0.25, 0.3) is 15.9 Å². The number of carbonyl (C=O) groups is 1. The van der Waals surface area contributed by atoms with Crippen LogP contribution < -0.4 is 14.8 Å². The minimum absolute atomic E-state index is 0.0895. The number of nitrogens with one attached hydrogen (secondary N) is 2. The van der Waals surface area contributed by atoms with Crippen molar-refractivity contribution in [1.82, 2.24) is 0 Å². The van der Waals surface area contributed by atoms with Crippen LogP contribution in [-0.2, 0) is 10.0 Å². The number of fused-ring (bicyclic) bond motifs is 1. The van der Waals surface area contributed by atoms with Crippen molar-refractivity contribution in [3.05, 3.63) is 81.7 Å². The third-order valence-electron chi connectivity index (χ3n) is 4.94. The quantitative estimate of drug-likeness (QED) is 0.328. The average molecular weight is 501 g/mol. The molecule has 0 saturated heterocycles. The molecule has 33 heavy (non-hydrogen) atoms. The van der Waals surface area contributed by atoms with Gasteiger partial charge in [-0.05, 0) is 79.6 Å². The van der Waals surface area contributed by atoms with E-state index in [1.54, 1.807) is 25.3 Å². The molecule has 1 aromatic heterocycles. The Labute approximate surface area is 201 Å². The van der Waals surface area contributed by atoms with Gasteiger partial charge in [0.1, 0.15) is 10.6 Å². The van der Waals surface area contributed by atoms with E-state index in [1.165, 1.54) is 35.6 Å². The molecule has 9 heteroatoms. The second kappa shape index (κ2) is 9.05. The molecule has 0 spiro atoms. The second-order valence-electron chi connectivity index (χ2n) is 7.57. The van der Waals surface area contributed by atoms with E-state index < -0.39 is 10.0 Å². The van der Waals surface area contributed by atoms with Crippen LogP contribution in [0.5, 0.6) is 5.75 Å². The summed E-state index contributed by atoms with van der Waals surface area (Å²) in [6.45, 7) is 3.81. The van der Waals surface area contributed by atoms with Crippen molar-refractivity contribution in [1.29, 1.82) is 0 Å². The molecule has 2 N–H and O–H groups in total. The first-order valence-corrected chi connectivity index (χ1v) is 12.6. The maximum absolute atomic E-state index is 12.8. The van der Waals surface area contributed by atoms with Gasteiger partial charge in [0.2, 0.25) is 0 Å². The SMILES string of the molecule is COc1ccc2c(Cl)c(C(=O)Nc3ccc(S(=O)(=O)Nc4cc(C)cc(C)c4)cc3)sc2c1. The summed E-state index contributed by atoms with van der Waals surface area (Å²) < 4.78 is 34.2. The lowest BCUT2D eigenvalue weighted by atomic mass is 10.1. The molecular formula is C24H21ClN2O4S2. The van der Waals surface area contributed by atoms with E-state index >= 15 is 0 Å². The second-order valence-corrected chi connectivity index (χ2v) is 10.7. The van der Waals surface area contributed by atoms with Crippen LogP contribution in [0.25, 0.3) is 10.1 Å². The number of carbonyl (C=O) groups excluding carboxylic acids is 1. The molecule has 0 bridgehead atoms. The fraction of sp³-hybridized carbons (Fsp3) is 0.125. The van der Waals surface area contributed by atoms with Crippen molar-refractivity contribution in [2.45, 2.75) is 18.7 Å². The fourth-order valence-corrected chi connectivity index (χ4v) is 5.95. The van der Waals surface area contributed by atoms with Crippen LogP contribution in [0.15, 0.2) is 65.6 Å². The number of methoxy groups -OCH3 is 1. The summed E-state index contributed by atoms with van der Waals surface area (Å²) >= 11 is 7.68. The van der Waals surface area contributed by atoms with Crippen molar-refractivity contribution in [3.8, 4) is 5.75 Å². The fourth-order valence-electron chi connectivity index (χ4n) is 3.47. The minimum atomic E-state index is -3.77. The van der Waals surface area contributed by atoms with E-state index in [0.29, 0.717) is 27.0 Å². The van der Waals surface area contributed by atoms with Crippen molar-refractivity contribution < 1.29 is 17.9 Å². The number of rotatable bonds is 6. The lowest BCUT2D eigenvalue weighted by Crippen LogP contribution is -2.14. The van der Waals surface area contributed by atoms with Gasteiger partial charge in [-0.1, -0.05) is 17.7 Å². The third kappa shape index (κ3) is 4.98. The Morgan fingerprint density at radius 1 is 0.939 bits per heavy atom. The number of halogens is 1. The Morgan fingerprint density at radius 2 is 1.61 bits per heavy atom. The molecule has 0 unspecified atom stereocenters. The third-order valence-corrected chi connectivity index (χ3v) is 7.99. The number of sulfonamides is 1. The molecule has 6 nitrogen and oxygen atoms in total. The number of hydrogen-bond acceptors (Lipinski definition) is 5. The Balaban J connectivity index is 1.52. The van der Waals surface area contributed by atoms with Crippen LogP contribution in [0.2, 0.25) is 5.02 Å². The van der Waals surface area contributed by atoms with E-state index in [9.17, 15) is 13.2 Å². The molecule has 1 amide bonds. The standard InChI is InChI=1S/C24H21ClN2O4S2/c1-14-10-15(2)12-17(11-14)27-33(29,30)19-7-4-16(5-8-19)26-24(28)23-22(25)20-9-6-18(31-3)13-21(20)32-23/h4-13,27H,1-3H3,(H,26,28). The van der Waals surface area contributed by atoms with Crippen LogP contribution in [-0.4, -0.2) is 21.4 Å². The molecule has 4 aromatic rings. The zero-order chi connectivity index (χ0) is 23.8. The van der Waals surface area contributed by atoms with Crippen LogP contribution in [0.1, 0.15) is 20.8 Å². The van der Waals surface area contributed by atoms with Gasteiger partial charge in [0, 0.05) is 21.5 Å². The first-order valence-electron chi connectivity index (χ1n) is 9.95. The highest BCUT2D eigenvalue weighted by Crippen LogP contribution is 2.37. The summed E-state index contributed by atoms with van der Waals surface area (Å²) in [7, 11) is -2.19. The smallest absolute Gasteiger partial charge is 0.267 e. The molecule has 0 atom stereocenters. The first-order chi connectivity index (χ1) is 15.7. The van der Waals surface area contributed by atoms with Gasteiger partial charge in [0.05, 0.1) is 17.0 Å². The number of ether oxygens (including phenoxy) is 1. The highest BCUT2D eigenvalue weighted by molar-refractivity contribution is 7.92.